The normalized spacial score (nSPS) is 22.7. The number of anilines is 1. The molecule has 2 rings (SSSR count). The average molecular weight is 262 g/mol. The van der Waals surface area contributed by atoms with Gasteiger partial charge in [-0.2, -0.15) is 5.26 Å². The maximum absolute atomic E-state index is 11.6. The first-order valence-electron chi connectivity index (χ1n) is 5.85. The zero-order valence-electron chi connectivity index (χ0n) is 10.7. The summed E-state index contributed by atoms with van der Waals surface area (Å²) in [5.41, 5.74) is 0.236. The van der Waals surface area contributed by atoms with Crippen LogP contribution in [-0.4, -0.2) is 48.3 Å². The van der Waals surface area contributed by atoms with E-state index in [-0.39, 0.29) is 11.8 Å². The van der Waals surface area contributed by atoms with E-state index < -0.39 is 12.1 Å². The van der Waals surface area contributed by atoms with E-state index >= 15 is 0 Å². The van der Waals surface area contributed by atoms with Crippen LogP contribution in [0.15, 0.2) is 12.4 Å². The third kappa shape index (κ3) is 2.80. The molecule has 0 aliphatic carbocycles. The van der Waals surface area contributed by atoms with Crippen molar-refractivity contribution in [2.45, 2.75) is 19.1 Å². The number of hydrogen-bond acceptors (Lipinski definition) is 7. The van der Waals surface area contributed by atoms with Gasteiger partial charge in [0.2, 0.25) is 0 Å². The highest BCUT2D eigenvalue weighted by Gasteiger charge is 2.32. The first kappa shape index (κ1) is 13.2. The fourth-order valence-electron chi connectivity index (χ4n) is 2.03. The Labute approximate surface area is 110 Å². The third-order valence-corrected chi connectivity index (χ3v) is 2.81. The smallest absolute Gasteiger partial charge is 0.336 e. The minimum absolute atomic E-state index is 0.161. The summed E-state index contributed by atoms with van der Waals surface area (Å²) in [5, 5.41) is 9.03. The molecule has 1 aliphatic heterocycles. The Kier molecular flexibility index (Phi) is 3.92. The van der Waals surface area contributed by atoms with Gasteiger partial charge in [-0.05, 0) is 6.92 Å². The summed E-state index contributed by atoms with van der Waals surface area (Å²) in [7, 11) is 1.32. The molecule has 1 saturated heterocycles. The number of nitrogens with zero attached hydrogens (tertiary/aromatic N) is 4. The third-order valence-electron chi connectivity index (χ3n) is 2.81. The summed E-state index contributed by atoms with van der Waals surface area (Å²) in [6.07, 6.45) is 2.14. The van der Waals surface area contributed by atoms with Gasteiger partial charge in [0, 0.05) is 18.9 Å². The molecule has 19 heavy (non-hydrogen) atoms. The van der Waals surface area contributed by atoms with Gasteiger partial charge in [-0.25, -0.2) is 14.8 Å². The first-order valence-corrected chi connectivity index (χ1v) is 5.85. The molecule has 0 bridgehead atoms. The number of carbonyl (C=O) groups excluding carboxylic acids is 1. The molecule has 7 nitrogen and oxygen atoms in total. The van der Waals surface area contributed by atoms with Crippen LogP contribution in [0.25, 0.3) is 0 Å². The molecule has 1 unspecified atom stereocenters. The molecule has 1 aliphatic rings. The van der Waals surface area contributed by atoms with E-state index in [4.69, 9.17) is 10.00 Å². The quantitative estimate of drug-likeness (QED) is 0.699. The Morgan fingerprint density at radius 1 is 1.53 bits per heavy atom. The minimum Gasteiger partial charge on any atom is -0.467 e. The van der Waals surface area contributed by atoms with Crippen LogP contribution in [-0.2, 0) is 14.3 Å². The summed E-state index contributed by atoms with van der Waals surface area (Å²) in [6, 6.07) is 1.99. The van der Waals surface area contributed by atoms with E-state index in [0.29, 0.717) is 18.9 Å². The summed E-state index contributed by atoms with van der Waals surface area (Å²) in [5.74, 6) is 0.0352. The van der Waals surface area contributed by atoms with E-state index in [0.717, 1.165) is 0 Å². The van der Waals surface area contributed by atoms with Crippen LogP contribution < -0.4 is 4.90 Å². The van der Waals surface area contributed by atoms with Crippen molar-refractivity contribution in [2.24, 2.45) is 0 Å². The van der Waals surface area contributed by atoms with Crippen LogP contribution in [0.4, 0.5) is 5.82 Å². The number of aromatic nitrogens is 2. The lowest BCUT2D eigenvalue weighted by atomic mass is 10.2. The number of carbonyl (C=O) groups is 1. The molecule has 100 valence electrons. The van der Waals surface area contributed by atoms with E-state index in [2.05, 4.69) is 14.7 Å². The zero-order valence-corrected chi connectivity index (χ0v) is 10.7. The number of esters is 1. The maximum Gasteiger partial charge on any atom is 0.336 e. The van der Waals surface area contributed by atoms with Gasteiger partial charge in [0.15, 0.2) is 17.6 Å². The Balaban J connectivity index is 2.24. The largest absolute Gasteiger partial charge is 0.467 e. The molecule has 1 aromatic rings. The standard InChI is InChI=1S/C12H14N4O3/c1-8-6-16(7-10(19-8)12(17)18-2)11-9(5-13)14-3-4-15-11/h3-4,8,10H,6-7H2,1-2H3/t8-,10?/m1/s1. The Morgan fingerprint density at radius 3 is 2.95 bits per heavy atom. The van der Waals surface area contributed by atoms with Crippen molar-refractivity contribution >= 4 is 11.8 Å². The lowest BCUT2D eigenvalue weighted by Crippen LogP contribution is -2.50. The van der Waals surface area contributed by atoms with Gasteiger partial charge in [-0.3, -0.25) is 0 Å². The second-order valence-corrected chi connectivity index (χ2v) is 4.20. The summed E-state index contributed by atoms with van der Waals surface area (Å²) in [6.45, 7) is 2.69. The van der Waals surface area contributed by atoms with Gasteiger partial charge in [-0.1, -0.05) is 0 Å². The van der Waals surface area contributed by atoms with Crippen molar-refractivity contribution in [3.63, 3.8) is 0 Å². The number of hydrogen-bond donors (Lipinski definition) is 0. The number of ether oxygens (including phenoxy) is 2. The second-order valence-electron chi connectivity index (χ2n) is 4.20. The van der Waals surface area contributed by atoms with Crippen molar-refractivity contribution in [3.05, 3.63) is 18.1 Å². The lowest BCUT2D eigenvalue weighted by Gasteiger charge is -2.36. The minimum atomic E-state index is -0.678. The van der Waals surface area contributed by atoms with Crippen LogP contribution in [0.1, 0.15) is 12.6 Å². The molecule has 1 fully saturated rings. The molecule has 0 aromatic carbocycles. The molecule has 0 saturated carbocycles. The van der Waals surface area contributed by atoms with Crippen molar-refractivity contribution in [3.8, 4) is 6.07 Å². The second kappa shape index (κ2) is 5.63. The number of methoxy groups -OCH3 is 1. The fourth-order valence-corrected chi connectivity index (χ4v) is 2.03. The predicted octanol–water partition coefficient (Wildman–Crippen LogP) is 0.115. The van der Waals surface area contributed by atoms with Gasteiger partial charge < -0.3 is 14.4 Å². The van der Waals surface area contributed by atoms with Crippen molar-refractivity contribution in [1.29, 1.82) is 5.26 Å². The molecule has 0 spiro atoms. The summed E-state index contributed by atoms with van der Waals surface area (Å²) < 4.78 is 10.2. The van der Waals surface area contributed by atoms with E-state index in [1.165, 1.54) is 19.5 Å². The molecule has 0 N–H and O–H groups in total. The number of morpholine rings is 1. The molecule has 0 radical (unpaired) electrons. The molecule has 1 aromatic heterocycles. The Bertz CT molecular complexity index is 514. The summed E-state index contributed by atoms with van der Waals surface area (Å²) >= 11 is 0. The van der Waals surface area contributed by atoms with E-state index in [1.807, 2.05) is 17.9 Å². The van der Waals surface area contributed by atoms with Crippen LogP contribution in [0.5, 0.6) is 0 Å². The Hall–Kier alpha value is -2.20. The average Bonchev–Trinajstić information content (AvgIpc) is 2.45. The van der Waals surface area contributed by atoms with Crippen LogP contribution in [0.3, 0.4) is 0 Å². The zero-order chi connectivity index (χ0) is 13.8. The van der Waals surface area contributed by atoms with Crippen molar-refractivity contribution in [2.75, 3.05) is 25.1 Å². The monoisotopic (exact) mass is 262 g/mol. The van der Waals surface area contributed by atoms with Crippen molar-refractivity contribution < 1.29 is 14.3 Å². The van der Waals surface area contributed by atoms with Gasteiger partial charge in [0.05, 0.1) is 19.8 Å². The SMILES string of the molecule is COC(=O)C1CN(c2nccnc2C#N)C[C@@H](C)O1. The van der Waals surface area contributed by atoms with Gasteiger partial charge in [0.25, 0.3) is 0 Å². The topological polar surface area (TPSA) is 88.3 Å². The predicted molar refractivity (Wildman–Crippen MR) is 65.3 cm³/mol. The van der Waals surface area contributed by atoms with Gasteiger partial charge in [0.1, 0.15) is 6.07 Å². The number of rotatable bonds is 2. The highest BCUT2D eigenvalue weighted by Crippen LogP contribution is 2.20. The number of nitriles is 1. The molecule has 2 heterocycles. The fraction of sp³-hybridized carbons (Fsp3) is 0.500. The molecule has 2 atom stereocenters. The maximum atomic E-state index is 11.6. The lowest BCUT2D eigenvalue weighted by molar-refractivity contribution is -0.158. The van der Waals surface area contributed by atoms with Gasteiger partial charge in [-0.15, -0.1) is 0 Å². The summed E-state index contributed by atoms with van der Waals surface area (Å²) in [4.78, 5) is 21.5. The first-order chi connectivity index (χ1) is 9.15. The van der Waals surface area contributed by atoms with Gasteiger partial charge >= 0.3 is 5.97 Å². The van der Waals surface area contributed by atoms with Crippen LogP contribution >= 0.6 is 0 Å². The van der Waals surface area contributed by atoms with Crippen LogP contribution in [0, 0.1) is 11.3 Å². The molecule has 0 amide bonds. The molecule has 7 heteroatoms. The highest BCUT2D eigenvalue weighted by atomic mass is 16.6. The molecular formula is C12H14N4O3. The van der Waals surface area contributed by atoms with Crippen molar-refractivity contribution in [1.82, 2.24) is 9.97 Å². The molecular weight excluding hydrogens is 248 g/mol. The highest BCUT2D eigenvalue weighted by molar-refractivity contribution is 5.75. The van der Waals surface area contributed by atoms with Crippen LogP contribution in [0.2, 0.25) is 0 Å². The van der Waals surface area contributed by atoms with E-state index in [9.17, 15) is 4.79 Å². The Morgan fingerprint density at radius 2 is 2.26 bits per heavy atom. The van der Waals surface area contributed by atoms with E-state index in [1.54, 1.807) is 0 Å².